The van der Waals surface area contributed by atoms with E-state index in [4.69, 9.17) is 4.74 Å². The van der Waals surface area contributed by atoms with Crippen molar-refractivity contribution in [3.63, 3.8) is 0 Å². The van der Waals surface area contributed by atoms with Crippen LogP contribution >= 0.6 is 0 Å². The SMILES string of the molecule is c1ccc2c(c1)CN(C1CCOC1)CC21CCN(c2cnccn2)CC1. The summed E-state index contributed by atoms with van der Waals surface area (Å²) in [6.07, 6.45) is 8.93. The first kappa shape index (κ1) is 16.2. The molecule has 4 heterocycles. The van der Waals surface area contributed by atoms with E-state index >= 15 is 0 Å². The average molecular weight is 350 g/mol. The van der Waals surface area contributed by atoms with Crippen LogP contribution in [0.25, 0.3) is 0 Å². The Bertz CT molecular complexity index is 752. The van der Waals surface area contributed by atoms with E-state index in [2.05, 4.69) is 44.0 Å². The zero-order chi connectivity index (χ0) is 17.4. The van der Waals surface area contributed by atoms with E-state index in [1.54, 1.807) is 18.0 Å². The normalized spacial score (nSPS) is 25.4. The van der Waals surface area contributed by atoms with Crippen molar-refractivity contribution >= 4 is 5.82 Å². The van der Waals surface area contributed by atoms with Gasteiger partial charge in [-0.05, 0) is 30.4 Å². The highest BCUT2D eigenvalue weighted by Crippen LogP contribution is 2.43. The highest BCUT2D eigenvalue weighted by atomic mass is 16.5. The van der Waals surface area contributed by atoms with Gasteiger partial charge < -0.3 is 9.64 Å². The molecule has 0 saturated carbocycles. The topological polar surface area (TPSA) is 41.5 Å². The molecule has 0 radical (unpaired) electrons. The first-order valence-corrected chi connectivity index (χ1v) is 9.75. The maximum Gasteiger partial charge on any atom is 0.147 e. The summed E-state index contributed by atoms with van der Waals surface area (Å²) in [5, 5.41) is 0. The van der Waals surface area contributed by atoms with Gasteiger partial charge in [0.05, 0.1) is 12.8 Å². The van der Waals surface area contributed by atoms with Crippen molar-refractivity contribution < 1.29 is 4.74 Å². The molecule has 136 valence electrons. The second-order valence-corrected chi connectivity index (χ2v) is 7.91. The smallest absolute Gasteiger partial charge is 0.147 e. The molecule has 5 nitrogen and oxygen atoms in total. The molecule has 1 atom stereocenters. The lowest BCUT2D eigenvalue weighted by Crippen LogP contribution is -2.54. The molecule has 0 N–H and O–H groups in total. The molecule has 2 aromatic rings. The first-order valence-electron chi connectivity index (χ1n) is 9.75. The lowest BCUT2D eigenvalue weighted by Gasteiger charge is -2.50. The van der Waals surface area contributed by atoms with E-state index < -0.39 is 0 Å². The Balaban J connectivity index is 1.41. The number of aromatic nitrogens is 2. The van der Waals surface area contributed by atoms with Crippen molar-refractivity contribution in [3.8, 4) is 0 Å². The molecule has 0 aliphatic carbocycles. The highest BCUT2D eigenvalue weighted by Gasteiger charge is 2.43. The zero-order valence-corrected chi connectivity index (χ0v) is 15.2. The van der Waals surface area contributed by atoms with Gasteiger partial charge >= 0.3 is 0 Å². The fourth-order valence-corrected chi connectivity index (χ4v) is 5.04. The minimum atomic E-state index is 0.260. The van der Waals surface area contributed by atoms with Gasteiger partial charge in [-0.3, -0.25) is 9.88 Å². The number of fused-ring (bicyclic) bond motifs is 2. The molecule has 0 bridgehead atoms. The Morgan fingerprint density at radius 3 is 2.77 bits per heavy atom. The van der Waals surface area contributed by atoms with Crippen molar-refractivity contribution in [2.75, 3.05) is 37.7 Å². The van der Waals surface area contributed by atoms with E-state index in [-0.39, 0.29) is 5.41 Å². The number of nitrogens with zero attached hydrogens (tertiary/aromatic N) is 4. The summed E-state index contributed by atoms with van der Waals surface area (Å²) in [5.74, 6) is 1.01. The van der Waals surface area contributed by atoms with Crippen LogP contribution in [0.3, 0.4) is 0 Å². The van der Waals surface area contributed by atoms with Gasteiger partial charge in [0.2, 0.25) is 0 Å². The summed E-state index contributed by atoms with van der Waals surface area (Å²) in [4.78, 5) is 13.8. The van der Waals surface area contributed by atoms with Crippen LogP contribution in [-0.2, 0) is 16.7 Å². The van der Waals surface area contributed by atoms with Crippen LogP contribution in [0.2, 0.25) is 0 Å². The molecule has 2 saturated heterocycles. The zero-order valence-electron chi connectivity index (χ0n) is 15.2. The molecule has 2 fully saturated rings. The molecule has 3 aliphatic heterocycles. The third kappa shape index (κ3) is 2.79. The van der Waals surface area contributed by atoms with Gasteiger partial charge in [-0.15, -0.1) is 0 Å². The fourth-order valence-electron chi connectivity index (χ4n) is 5.04. The van der Waals surface area contributed by atoms with Gasteiger partial charge in [0.25, 0.3) is 0 Å². The molecule has 0 amide bonds. The standard InChI is InChI=1S/C21H26N4O/c1-2-4-19-17(3-1)14-25(18-5-12-26-15-18)16-21(19)6-10-24(11-7-21)20-13-22-8-9-23-20/h1-4,8-9,13,18H,5-7,10-12,14-16H2. The van der Waals surface area contributed by atoms with Crippen LogP contribution in [0, 0.1) is 0 Å². The number of hydrogen-bond donors (Lipinski definition) is 0. The molecule has 26 heavy (non-hydrogen) atoms. The van der Waals surface area contributed by atoms with Gasteiger partial charge in [-0.2, -0.15) is 0 Å². The molecule has 3 aliphatic rings. The second kappa shape index (κ2) is 6.63. The summed E-state index contributed by atoms with van der Waals surface area (Å²) in [6.45, 7) is 6.12. The Hall–Kier alpha value is -1.98. The summed E-state index contributed by atoms with van der Waals surface area (Å²) >= 11 is 0. The number of piperidine rings is 1. The Morgan fingerprint density at radius 2 is 2.00 bits per heavy atom. The molecule has 5 heteroatoms. The van der Waals surface area contributed by atoms with E-state index in [9.17, 15) is 0 Å². The van der Waals surface area contributed by atoms with Crippen LogP contribution in [0.15, 0.2) is 42.9 Å². The van der Waals surface area contributed by atoms with Crippen molar-refractivity contribution in [3.05, 3.63) is 54.0 Å². The van der Waals surface area contributed by atoms with Gasteiger partial charge in [0.15, 0.2) is 0 Å². The molecular weight excluding hydrogens is 324 g/mol. The first-order chi connectivity index (χ1) is 12.8. The van der Waals surface area contributed by atoms with Crippen molar-refractivity contribution in [1.29, 1.82) is 0 Å². The third-order valence-corrected chi connectivity index (χ3v) is 6.48. The van der Waals surface area contributed by atoms with E-state index in [0.717, 1.165) is 45.2 Å². The van der Waals surface area contributed by atoms with E-state index in [0.29, 0.717) is 6.04 Å². The van der Waals surface area contributed by atoms with Crippen molar-refractivity contribution in [1.82, 2.24) is 14.9 Å². The van der Waals surface area contributed by atoms with E-state index in [1.807, 2.05) is 6.20 Å². The number of hydrogen-bond acceptors (Lipinski definition) is 5. The molecule has 1 unspecified atom stereocenters. The lowest BCUT2D eigenvalue weighted by molar-refractivity contribution is 0.0919. The van der Waals surface area contributed by atoms with Gasteiger partial charge in [-0.1, -0.05) is 24.3 Å². The maximum absolute atomic E-state index is 5.68. The summed E-state index contributed by atoms with van der Waals surface area (Å²) < 4.78 is 5.68. The maximum atomic E-state index is 5.68. The monoisotopic (exact) mass is 350 g/mol. The quantitative estimate of drug-likeness (QED) is 0.833. The van der Waals surface area contributed by atoms with Crippen LogP contribution in [0.1, 0.15) is 30.4 Å². The average Bonchev–Trinajstić information content (AvgIpc) is 3.24. The minimum absolute atomic E-state index is 0.260. The Morgan fingerprint density at radius 1 is 1.12 bits per heavy atom. The molecule has 1 spiro atoms. The highest BCUT2D eigenvalue weighted by molar-refractivity contribution is 5.42. The van der Waals surface area contributed by atoms with Gasteiger partial charge in [0, 0.05) is 56.6 Å². The van der Waals surface area contributed by atoms with Gasteiger partial charge in [-0.25, -0.2) is 4.98 Å². The third-order valence-electron chi connectivity index (χ3n) is 6.48. The minimum Gasteiger partial charge on any atom is -0.380 e. The predicted molar refractivity (Wildman–Crippen MR) is 101 cm³/mol. The summed E-state index contributed by atoms with van der Waals surface area (Å²) in [5.41, 5.74) is 3.35. The lowest BCUT2D eigenvalue weighted by atomic mass is 9.68. The molecular formula is C21H26N4O. The van der Waals surface area contributed by atoms with Gasteiger partial charge in [0.1, 0.15) is 5.82 Å². The largest absolute Gasteiger partial charge is 0.380 e. The predicted octanol–water partition coefficient (Wildman–Crippen LogP) is 2.62. The van der Waals surface area contributed by atoms with Crippen molar-refractivity contribution in [2.45, 2.75) is 37.3 Å². The summed E-state index contributed by atoms with van der Waals surface area (Å²) in [6, 6.07) is 9.68. The second-order valence-electron chi connectivity index (χ2n) is 7.91. The van der Waals surface area contributed by atoms with Crippen LogP contribution in [-0.4, -0.2) is 53.8 Å². The number of anilines is 1. The molecule has 5 rings (SSSR count). The van der Waals surface area contributed by atoms with E-state index in [1.165, 1.54) is 24.8 Å². The number of benzene rings is 1. The van der Waals surface area contributed by atoms with Crippen LogP contribution in [0.5, 0.6) is 0 Å². The van der Waals surface area contributed by atoms with Crippen LogP contribution in [0.4, 0.5) is 5.82 Å². The molecule has 1 aromatic heterocycles. The summed E-state index contributed by atoms with van der Waals surface area (Å²) in [7, 11) is 0. The number of rotatable bonds is 2. The Labute approximate surface area is 155 Å². The van der Waals surface area contributed by atoms with Crippen LogP contribution < -0.4 is 4.90 Å². The molecule has 1 aromatic carbocycles. The number of ether oxygens (including phenoxy) is 1. The fraction of sp³-hybridized carbons (Fsp3) is 0.524. The Kier molecular flexibility index (Phi) is 4.14. The van der Waals surface area contributed by atoms with Crippen molar-refractivity contribution in [2.24, 2.45) is 0 Å².